The molecule has 0 saturated carbocycles. The van der Waals surface area contributed by atoms with Gasteiger partial charge in [0.05, 0.1) is 0 Å². The van der Waals surface area contributed by atoms with Crippen molar-refractivity contribution < 1.29 is 0 Å². The summed E-state index contributed by atoms with van der Waals surface area (Å²) in [5.41, 5.74) is 6.73. The minimum absolute atomic E-state index is 1.17. The SMILES string of the molecule is CC#C[Si](C#CC)(CC)CCC. The molecular formula is C11H18Si. The fourth-order valence-corrected chi connectivity index (χ4v) is 4.25. The Hall–Kier alpha value is -0.663. The molecule has 0 aliphatic rings. The monoisotopic (exact) mass is 178 g/mol. The zero-order valence-electron chi connectivity index (χ0n) is 8.62. The third-order valence-electron chi connectivity index (χ3n) is 2.01. The molecule has 0 N–H and O–H groups in total. The molecule has 0 heterocycles. The molecule has 0 radical (unpaired) electrons. The Balaban J connectivity index is 4.66. The van der Waals surface area contributed by atoms with Crippen molar-refractivity contribution in [3.63, 3.8) is 0 Å². The van der Waals surface area contributed by atoms with Crippen molar-refractivity contribution in [3.8, 4) is 22.9 Å². The molecule has 0 rings (SSSR count). The Morgan fingerprint density at radius 1 is 1.00 bits per heavy atom. The Kier molecular flexibility index (Phi) is 5.59. The first-order chi connectivity index (χ1) is 5.74. The summed E-state index contributed by atoms with van der Waals surface area (Å²) in [5.74, 6) is 6.08. The molecular weight excluding hydrogens is 160 g/mol. The van der Waals surface area contributed by atoms with Crippen molar-refractivity contribution in [2.45, 2.75) is 46.2 Å². The van der Waals surface area contributed by atoms with Crippen LogP contribution in [0.25, 0.3) is 0 Å². The van der Waals surface area contributed by atoms with E-state index in [0.29, 0.717) is 0 Å². The average Bonchev–Trinajstić information content (AvgIpc) is 2.06. The van der Waals surface area contributed by atoms with Gasteiger partial charge in [0, 0.05) is 0 Å². The Morgan fingerprint density at radius 3 is 1.75 bits per heavy atom. The highest BCUT2D eigenvalue weighted by Crippen LogP contribution is 2.15. The van der Waals surface area contributed by atoms with Crippen LogP contribution in [0, 0.1) is 22.9 Å². The number of rotatable bonds is 3. The van der Waals surface area contributed by atoms with E-state index in [4.69, 9.17) is 0 Å². The second-order valence-corrected chi connectivity index (χ2v) is 6.81. The molecule has 0 amide bonds. The van der Waals surface area contributed by atoms with Crippen molar-refractivity contribution >= 4 is 8.07 Å². The maximum atomic E-state index is 3.36. The molecule has 0 aromatic carbocycles. The van der Waals surface area contributed by atoms with Gasteiger partial charge >= 0.3 is 0 Å². The second kappa shape index (κ2) is 5.92. The molecule has 0 unspecified atom stereocenters. The first kappa shape index (κ1) is 11.3. The molecule has 0 spiro atoms. The summed E-state index contributed by atoms with van der Waals surface area (Å²) >= 11 is 0. The highest BCUT2D eigenvalue weighted by molar-refractivity contribution is 6.94. The molecule has 66 valence electrons. The molecule has 0 aromatic heterocycles. The Bertz CT molecular complexity index is 211. The molecule has 0 saturated heterocycles. The quantitative estimate of drug-likeness (QED) is 0.460. The summed E-state index contributed by atoms with van der Waals surface area (Å²) in [6.07, 6.45) is 1.21. The molecule has 0 aliphatic heterocycles. The van der Waals surface area contributed by atoms with E-state index in [9.17, 15) is 0 Å². The van der Waals surface area contributed by atoms with Crippen molar-refractivity contribution in [2.24, 2.45) is 0 Å². The van der Waals surface area contributed by atoms with Gasteiger partial charge in [-0.15, -0.1) is 22.9 Å². The summed E-state index contributed by atoms with van der Waals surface area (Å²) < 4.78 is 0. The van der Waals surface area contributed by atoms with Crippen LogP contribution in [-0.4, -0.2) is 8.07 Å². The van der Waals surface area contributed by atoms with E-state index in [1.54, 1.807) is 0 Å². The van der Waals surface area contributed by atoms with Crippen molar-refractivity contribution in [3.05, 3.63) is 0 Å². The minimum atomic E-state index is -1.49. The van der Waals surface area contributed by atoms with Crippen LogP contribution < -0.4 is 0 Å². The summed E-state index contributed by atoms with van der Waals surface area (Å²) in [6.45, 7) is 8.28. The first-order valence-corrected chi connectivity index (χ1v) is 7.04. The van der Waals surface area contributed by atoms with E-state index in [-0.39, 0.29) is 0 Å². The van der Waals surface area contributed by atoms with Gasteiger partial charge in [0.2, 0.25) is 8.07 Å². The highest BCUT2D eigenvalue weighted by atomic mass is 28.3. The van der Waals surface area contributed by atoms with E-state index < -0.39 is 8.07 Å². The van der Waals surface area contributed by atoms with E-state index in [1.165, 1.54) is 18.5 Å². The van der Waals surface area contributed by atoms with Crippen LogP contribution in [0.1, 0.15) is 34.1 Å². The van der Waals surface area contributed by atoms with Crippen LogP contribution in [0.15, 0.2) is 0 Å². The van der Waals surface area contributed by atoms with Crippen molar-refractivity contribution in [2.75, 3.05) is 0 Å². The summed E-state index contributed by atoms with van der Waals surface area (Å²) in [7, 11) is -1.49. The summed E-state index contributed by atoms with van der Waals surface area (Å²) in [5, 5.41) is 0. The van der Waals surface area contributed by atoms with Crippen LogP contribution >= 0.6 is 0 Å². The van der Waals surface area contributed by atoms with Crippen LogP contribution in [0.5, 0.6) is 0 Å². The zero-order chi connectivity index (χ0) is 9.45. The van der Waals surface area contributed by atoms with Gasteiger partial charge in [-0.2, -0.15) is 0 Å². The van der Waals surface area contributed by atoms with Crippen LogP contribution in [0.4, 0.5) is 0 Å². The second-order valence-electron chi connectivity index (χ2n) is 2.94. The first-order valence-electron chi connectivity index (χ1n) is 4.62. The van der Waals surface area contributed by atoms with Crippen molar-refractivity contribution in [1.82, 2.24) is 0 Å². The van der Waals surface area contributed by atoms with Gasteiger partial charge in [-0.1, -0.05) is 20.3 Å². The summed E-state index contributed by atoms with van der Waals surface area (Å²) in [4.78, 5) is 0. The van der Waals surface area contributed by atoms with Gasteiger partial charge in [-0.05, 0) is 25.9 Å². The molecule has 0 aliphatic carbocycles. The van der Waals surface area contributed by atoms with Gasteiger partial charge in [0.15, 0.2) is 0 Å². The van der Waals surface area contributed by atoms with E-state index in [2.05, 4.69) is 36.8 Å². The lowest BCUT2D eigenvalue weighted by Gasteiger charge is -2.15. The number of hydrogen-bond donors (Lipinski definition) is 0. The maximum Gasteiger partial charge on any atom is 0.216 e. The average molecular weight is 178 g/mol. The lowest BCUT2D eigenvalue weighted by molar-refractivity contribution is 1.05. The zero-order valence-corrected chi connectivity index (χ0v) is 9.62. The lowest BCUT2D eigenvalue weighted by Crippen LogP contribution is -2.29. The van der Waals surface area contributed by atoms with E-state index >= 15 is 0 Å². The third-order valence-corrected chi connectivity index (χ3v) is 6.03. The molecule has 0 bridgehead atoms. The predicted molar refractivity (Wildman–Crippen MR) is 58.2 cm³/mol. The molecule has 0 fully saturated rings. The maximum absolute atomic E-state index is 3.36. The normalized spacial score (nSPS) is 9.33. The highest BCUT2D eigenvalue weighted by Gasteiger charge is 2.25. The largest absolute Gasteiger partial charge is 0.216 e. The molecule has 0 aromatic rings. The van der Waals surface area contributed by atoms with Gasteiger partial charge in [0.25, 0.3) is 0 Å². The predicted octanol–water partition coefficient (Wildman–Crippen LogP) is 2.99. The van der Waals surface area contributed by atoms with Gasteiger partial charge < -0.3 is 0 Å². The van der Waals surface area contributed by atoms with Gasteiger partial charge in [-0.3, -0.25) is 0 Å². The third kappa shape index (κ3) is 3.16. The fraction of sp³-hybridized carbons (Fsp3) is 0.636. The van der Waals surface area contributed by atoms with Crippen molar-refractivity contribution in [1.29, 1.82) is 0 Å². The minimum Gasteiger partial charge on any atom is -0.116 e. The Labute approximate surface area is 77.8 Å². The number of hydrogen-bond acceptors (Lipinski definition) is 0. The topological polar surface area (TPSA) is 0 Å². The standard InChI is InChI=1S/C11H18Si/c1-5-9-12(8-4,10-6-2)11-7-3/h5,8-9H2,1-4H3. The van der Waals surface area contributed by atoms with Crippen LogP contribution in [0.3, 0.4) is 0 Å². The molecule has 0 atom stereocenters. The summed E-state index contributed by atoms with van der Waals surface area (Å²) in [6, 6.07) is 2.40. The van der Waals surface area contributed by atoms with Gasteiger partial charge in [-0.25, -0.2) is 0 Å². The molecule has 1 heteroatoms. The van der Waals surface area contributed by atoms with Crippen LogP contribution in [0.2, 0.25) is 12.1 Å². The molecule has 0 nitrogen and oxygen atoms in total. The van der Waals surface area contributed by atoms with E-state index in [0.717, 1.165) is 0 Å². The van der Waals surface area contributed by atoms with E-state index in [1.807, 2.05) is 13.8 Å². The smallest absolute Gasteiger partial charge is 0.116 e. The lowest BCUT2D eigenvalue weighted by atomic mass is 10.6. The van der Waals surface area contributed by atoms with Gasteiger partial charge in [0.1, 0.15) is 0 Å². The Morgan fingerprint density at radius 2 is 1.50 bits per heavy atom. The molecule has 12 heavy (non-hydrogen) atoms. The fourth-order valence-electron chi connectivity index (χ4n) is 1.42. The van der Waals surface area contributed by atoms with Crippen LogP contribution in [-0.2, 0) is 0 Å².